The summed E-state index contributed by atoms with van der Waals surface area (Å²) in [4.78, 5) is 6.86. The van der Waals surface area contributed by atoms with Crippen LogP contribution in [0.1, 0.15) is 24.0 Å². The van der Waals surface area contributed by atoms with Crippen LogP contribution in [0.25, 0.3) is 0 Å². The van der Waals surface area contributed by atoms with Crippen LogP contribution in [-0.4, -0.2) is 50.8 Å². The highest BCUT2D eigenvalue weighted by Crippen LogP contribution is 2.38. The first-order valence-electron chi connectivity index (χ1n) is 8.30. The van der Waals surface area contributed by atoms with E-state index >= 15 is 0 Å². The number of nitrogens with one attached hydrogen (secondary N) is 1. The summed E-state index contributed by atoms with van der Waals surface area (Å²) in [6, 6.07) is 8.59. The van der Waals surface area contributed by atoms with Crippen molar-refractivity contribution < 1.29 is 4.74 Å². The van der Waals surface area contributed by atoms with Crippen molar-refractivity contribution in [3.63, 3.8) is 0 Å². The van der Waals surface area contributed by atoms with Crippen LogP contribution in [0, 0.1) is 12.3 Å². The Balaban J connectivity index is 1.52. The van der Waals surface area contributed by atoms with Crippen molar-refractivity contribution in [2.75, 3.05) is 39.9 Å². The highest BCUT2D eigenvalue weighted by Gasteiger charge is 2.42. The Labute approximate surface area is 133 Å². The van der Waals surface area contributed by atoms with Crippen molar-refractivity contribution in [2.45, 2.75) is 26.2 Å². The number of ether oxygens (including phenoxy) is 1. The SMILES string of the molecule is CN=C(NCCc1ccccc1C)N1CCC2(CCOC2)C1. The molecule has 2 aliphatic heterocycles. The molecule has 4 nitrogen and oxygen atoms in total. The highest BCUT2D eigenvalue weighted by molar-refractivity contribution is 5.80. The van der Waals surface area contributed by atoms with Gasteiger partial charge in [0, 0.05) is 38.7 Å². The van der Waals surface area contributed by atoms with Gasteiger partial charge in [0.15, 0.2) is 5.96 Å². The lowest BCUT2D eigenvalue weighted by atomic mass is 9.87. The number of nitrogens with zero attached hydrogens (tertiary/aromatic N) is 2. The number of rotatable bonds is 3. The summed E-state index contributed by atoms with van der Waals surface area (Å²) in [6.45, 7) is 7.12. The molecule has 1 aromatic rings. The van der Waals surface area contributed by atoms with Crippen molar-refractivity contribution in [3.05, 3.63) is 35.4 Å². The van der Waals surface area contributed by atoms with Gasteiger partial charge in [-0.15, -0.1) is 0 Å². The molecule has 0 bridgehead atoms. The van der Waals surface area contributed by atoms with E-state index in [0.717, 1.165) is 45.2 Å². The molecule has 1 unspecified atom stereocenters. The second-order valence-corrected chi connectivity index (χ2v) is 6.62. The minimum Gasteiger partial charge on any atom is -0.381 e. The minimum atomic E-state index is 0.383. The largest absolute Gasteiger partial charge is 0.381 e. The maximum Gasteiger partial charge on any atom is 0.193 e. The molecule has 1 N–H and O–H groups in total. The van der Waals surface area contributed by atoms with E-state index in [1.165, 1.54) is 24.0 Å². The second-order valence-electron chi connectivity index (χ2n) is 6.62. The Hall–Kier alpha value is -1.55. The maximum atomic E-state index is 5.61. The number of benzene rings is 1. The molecule has 22 heavy (non-hydrogen) atoms. The van der Waals surface area contributed by atoms with E-state index in [-0.39, 0.29) is 0 Å². The number of guanidine groups is 1. The van der Waals surface area contributed by atoms with Crippen molar-refractivity contribution in [1.29, 1.82) is 0 Å². The lowest BCUT2D eigenvalue weighted by Crippen LogP contribution is -2.42. The monoisotopic (exact) mass is 301 g/mol. The molecular weight excluding hydrogens is 274 g/mol. The van der Waals surface area contributed by atoms with Gasteiger partial charge in [-0.2, -0.15) is 0 Å². The van der Waals surface area contributed by atoms with Gasteiger partial charge in [-0.05, 0) is 37.3 Å². The average molecular weight is 301 g/mol. The Kier molecular flexibility index (Phi) is 4.67. The number of hydrogen-bond donors (Lipinski definition) is 1. The second kappa shape index (κ2) is 6.69. The number of hydrogen-bond acceptors (Lipinski definition) is 2. The third-order valence-corrected chi connectivity index (χ3v) is 5.07. The fourth-order valence-electron chi connectivity index (χ4n) is 3.62. The van der Waals surface area contributed by atoms with Crippen LogP contribution >= 0.6 is 0 Å². The smallest absolute Gasteiger partial charge is 0.193 e. The lowest BCUT2D eigenvalue weighted by Gasteiger charge is -2.25. The molecule has 2 saturated heterocycles. The van der Waals surface area contributed by atoms with Crippen LogP contribution in [-0.2, 0) is 11.2 Å². The first-order valence-corrected chi connectivity index (χ1v) is 8.30. The van der Waals surface area contributed by atoms with E-state index in [1.54, 1.807) is 0 Å². The normalized spacial score (nSPS) is 25.2. The Morgan fingerprint density at radius 2 is 2.23 bits per heavy atom. The zero-order valence-corrected chi connectivity index (χ0v) is 13.8. The van der Waals surface area contributed by atoms with Gasteiger partial charge in [-0.25, -0.2) is 0 Å². The summed E-state index contributed by atoms with van der Waals surface area (Å²) in [5.41, 5.74) is 3.16. The quantitative estimate of drug-likeness (QED) is 0.687. The van der Waals surface area contributed by atoms with Crippen LogP contribution in [0.3, 0.4) is 0 Å². The highest BCUT2D eigenvalue weighted by atomic mass is 16.5. The molecule has 0 saturated carbocycles. The van der Waals surface area contributed by atoms with E-state index < -0.39 is 0 Å². The van der Waals surface area contributed by atoms with Gasteiger partial charge < -0.3 is 15.0 Å². The van der Waals surface area contributed by atoms with E-state index in [4.69, 9.17) is 4.74 Å². The Morgan fingerprint density at radius 1 is 1.36 bits per heavy atom. The molecule has 1 spiro atoms. The standard InChI is InChI=1S/C18H27N3O/c1-15-5-3-4-6-16(15)7-10-20-17(19-2)21-11-8-18(13-21)9-12-22-14-18/h3-6H,7-14H2,1-2H3,(H,19,20). The predicted octanol–water partition coefficient (Wildman–Crippen LogP) is 2.23. The molecule has 1 aromatic carbocycles. The molecule has 0 amide bonds. The molecule has 120 valence electrons. The van der Waals surface area contributed by atoms with Gasteiger partial charge in [-0.3, -0.25) is 4.99 Å². The summed E-state index contributed by atoms with van der Waals surface area (Å²) in [7, 11) is 1.88. The van der Waals surface area contributed by atoms with Crippen molar-refractivity contribution in [1.82, 2.24) is 10.2 Å². The third-order valence-electron chi connectivity index (χ3n) is 5.07. The zero-order chi connectivity index (χ0) is 15.4. The minimum absolute atomic E-state index is 0.383. The van der Waals surface area contributed by atoms with Crippen LogP contribution in [0.15, 0.2) is 29.3 Å². The maximum absolute atomic E-state index is 5.61. The molecule has 2 aliphatic rings. The van der Waals surface area contributed by atoms with Crippen LogP contribution < -0.4 is 5.32 Å². The van der Waals surface area contributed by atoms with E-state index in [9.17, 15) is 0 Å². The third kappa shape index (κ3) is 3.27. The zero-order valence-electron chi connectivity index (χ0n) is 13.8. The molecule has 2 heterocycles. The van der Waals surface area contributed by atoms with Gasteiger partial charge in [0.1, 0.15) is 0 Å². The molecule has 0 aliphatic carbocycles. The van der Waals surface area contributed by atoms with E-state index in [0.29, 0.717) is 5.41 Å². The summed E-state index contributed by atoms with van der Waals surface area (Å²) in [5, 5.41) is 3.53. The van der Waals surface area contributed by atoms with E-state index in [2.05, 4.69) is 46.4 Å². The van der Waals surface area contributed by atoms with Crippen molar-refractivity contribution >= 4 is 5.96 Å². The summed E-state index contributed by atoms with van der Waals surface area (Å²) < 4.78 is 5.61. The van der Waals surface area contributed by atoms with Gasteiger partial charge in [0.2, 0.25) is 0 Å². The van der Waals surface area contributed by atoms with Gasteiger partial charge in [0.25, 0.3) is 0 Å². The van der Waals surface area contributed by atoms with Crippen LogP contribution in [0.5, 0.6) is 0 Å². The number of likely N-dealkylation sites (tertiary alicyclic amines) is 1. The summed E-state index contributed by atoms with van der Waals surface area (Å²) in [5.74, 6) is 1.04. The van der Waals surface area contributed by atoms with Crippen molar-refractivity contribution in [3.8, 4) is 0 Å². The number of aliphatic imine (C=N–C) groups is 1. The Morgan fingerprint density at radius 3 is 2.95 bits per heavy atom. The molecule has 0 aromatic heterocycles. The Bertz CT molecular complexity index is 535. The molecular formula is C18H27N3O. The predicted molar refractivity (Wildman–Crippen MR) is 90.3 cm³/mol. The molecule has 0 radical (unpaired) electrons. The summed E-state index contributed by atoms with van der Waals surface area (Å²) in [6.07, 6.45) is 3.46. The molecule has 4 heteroatoms. The number of aryl methyl sites for hydroxylation is 1. The van der Waals surface area contributed by atoms with Gasteiger partial charge >= 0.3 is 0 Å². The average Bonchev–Trinajstić information content (AvgIpc) is 3.16. The fraction of sp³-hybridized carbons (Fsp3) is 0.611. The molecule has 1 atom stereocenters. The fourth-order valence-corrected chi connectivity index (χ4v) is 3.62. The topological polar surface area (TPSA) is 36.9 Å². The van der Waals surface area contributed by atoms with Crippen LogP contribution in [0.2, 0.25) is 0 Å². The lowest BCUT2D eigenvalue weighted by molar-refractivity contribution is 0.156. The first kappa shape index (κ1) is 15.3. The molecule has 2 fully saturated rings. The van der Waals surface area contributed by atoms with Gasteiger partial charge in [-0.1, -0.05) is 24.3 Å². The summed E-state index contributed by atoms with van der Waals surface area (Å²) >= 11 is 0. The first-order chi connectivity index (χ1) is 10.7. The van der Waals surface area contributed by atoms with E-state index in [1.807, 2.05) is 7.05 Å². The van der Waals surface area contributed by atoms with Gasteiger partial charge in [0.05, 0.1) is 6.61 Å². The van der Waals surface area contributed by atoms with Crippen molar-refractivity contribution in [2.24, 2.45) is 10.4 Å². The molecule has 3 rings (SSSR count). The van der Waals surface area contributed by atoms with Crippen LogP contribution in [0.4, 0.5) is 0 Å².